The number of hydrogen-bond donors (Lipinski definition) is 2. The van der Waals surface area contributed by atoms with Gasteiger partial charge in [0.1, 0.15) is 6.61 Å². The fourth-order valence-corrected chi connectivity index (χ4v) is 6.47. The number of esters is 2. The molecule has 3 atom stereocenters. The van der Waals surface area contributed by atoms with Gasteiger partial charge < -0.3 is 24.0 Å². The average molecular weight is 755 g/mol. The summed E-state index contributed by atoms with van der Waals surface area (Å²) in [4.78, 5) is 42.8. The van der Waals surface area contributed by atoms with E-state index in [4.69, 9.17) is 24.0 Å². The maximum atomic E-state index is 12.4. The summed E-state index contributed by atoms with van der Waals surface area (Å²) in [6.45, 7) is 3.61. The Morgan fingerprint density at radius 3 is 1.69 bits per heavy atom. The number of ether oxygens (including phenoxy) is 3. The zero-order valence-electron chi connectivity index (χ0n) is 32.9. The normalized spacial score (nSPS) is 16.7. The van der Waals surface area contributed by atoms with Crippen molar-refractivity contribution in [2.45, 2.75) is 206 Å². The molecule has 0 radical (unpaired) electrons. The maximum Gasteiger partial charge on any atom is 0.469 e. The standard InChI is InChI=1S/C42H75O9P/c1-3-5-7-8-9-10-11-12-13-14-15-16-21-24-27-31-35-42(44)50-38(37-49-52(45,46)47)36-48-41(43)34-30-26-23-20-18-17-19-22-25-29-33-40-39(51-40)32-28-6-4-2/h17,19-20,23,25,29,38-40H,3-16,18,21-22,24,26-28,30-37H2,1-2H3,(H2,45,46,47)/b19-17-,23-20-,29-25-/t38-,39?,40?/m1/s1. The van der Waals surface area contributed by atoms with E-state index in [-0.39, 0.29) is 19.4 Å². The van der Waals surface area contributed by atoms with Crippen LogP contribution in [-0.2, 0) is 32.9 Å². The van der Waals surface area contributed by atoms with E-state index >= 15 is 0 Å². The van der Waals surface area contributed by atoms with Crippen molar-refractivity contribution < 1.29 is 42.7 Å². The van der Waals surface area contributed by atoms with Crippen molar-refractivity contribution in [3.05, 3.63) is 36.5 Å². The minimum Gasteiger partial charge on any atom is -0.462 e. The Kier molecular flexibility index (Phi) is 31.3. The highest BCUT2D eigenvalue weighted by molar-refractivity contribution is 7.46. The molecule has 1 saturated heterocycles. The van der Waals surface area contributed by atoms with Gasteiger partial charge in [-0.25, -0.2) is 4.57 Å². The lowest BCUT2D eigenvalue weighted by molar-refractivity contribution is -0.161. The summed E-state index contributed by atoms with van der Waals surface area (Å²) >= 11 is 0. The second-order valence-corrected chi connectivity index (χ2v) is 15.6. The average Bonchev–Trinajstić information content (AvgIpc) is 3.87. The second-order valence-electron chi connectivity index (χ2n) is 14.4. The molecule has 0 spiro atoms. The molecule has 1 rings (SSSR count). The van der Waals surface area contributed by atoms with Crippen molar-refractivity contribution in [1.82, 2.24) is 0 Å². The second kappa shape index (κ2) is 33.8. The van der Waals surface area contributed by atoms with Crippen LogP contribution in [-0.4, -0.2) is 53.3 Å². The first-order chi connectivity index (χ1) is 25.2. The van der Waals surface area contributed by atoms with Gasteiger partial charge in [0.25, 0.3) is 0 Å². The first-order valence-electron chi connectivity index (χ1n) is 20.9. The lowest BCUT2D eigenvalue weighted by atomic mass is 10.0. The van der Waals surface area contributed by atoms with Crippen LogP contribution in [0.5, 0.6) is 0 Å². The molecule has 2 N–H and O–H groups in total. The van der Waals surface area contributed by atoms with Crippen LogP contribution in [0.15, 0.2) is 36.5 Å². The van der Waals surface area contributed by atoms with Crippen LogP contribution in [0.1, 0.15) is 187 Å². The number of hydrogen-bond acceptors (Lipinski definition) is 7. The van der Waals surface area contributed by atoms with E-state index in [1.165, 1.54) is 103 Å². The Morgan fingerprint density at radius 1 is 0.615 bits per heavy atom. The monoisotopic (exact) mass is 755 g/mol. The molecule has 0 aromatic heterocycles. The molecule has 0 saturated carbocycles. The van der Waals surface area contributed by atoms with Crippen molar-refractivity contribution >= 4 is 19.8 Å². The van der Waals surface area contributed by atoms with E-state index in [0.717, 1.165) is 44.9 Å². The van der Waals surface area contributed by atoms with Crippen molar-refractivity contribution in [3.63, 3.8) is 0 Å². The van der Waals surface area contributed by atoms with E-state index in [2.05, 4.69) is 48.8 Å². The molecule has 0 bridgehead atoms. The third kappa shape index (κ3) is 32.8. The first-order valence-corrected chi connectivity index (χ1v) is 22.4. The number of phosphoric acid groups is 1. The zero-order valence-corrected chi connectivity index (χ0v) is 33.8. The van der Waals surface area contributed by atoms with Crippen LogP contribution in [0, 0.1) is 0 Å². The van der Waals surface area contributed by atoms with Gasteiger partial charge in [-0.15, -0.1) is 0 Å². The van der Waals surface area contributed by atoms with Gasteiger partial charge in [0.2, 0.25) is 0 Å². The highest BCUT2D eigenvalue weighted by atomic mass is 31.2. The number of epoxide rings is 1. The molecule has 52 heavy (non-hydrogen) atoms. The number of phosphoric ester groups is 1. The predicted octanol–water partition coefficient (Wildman–Crippen LogP) is 11.6. The largest absolute Gasteiger partial charge is 0.469 e. The summed E-state index contributed by atoms with van der Waals surface area (Å²) in [6.07, 6.45) is 41.9. The molecule has 9 nitrogen and oxygen atoms in total. The predicted molar refractivity (Wildman–Crippen MR) is 211 cm³/mol. The minimum atomic E-state index is -4.77. The quantitative estimate of drug-likeness (QED) is 0.0209. The van der Waals surface area contributed by atoms with Gasteiger partial charge in [0.15, 0.2) is 6.10 Å². The molecule has 1 heterocycles. The summed E-state index contributed by atoms with van der Waals surface area (Å²) < 4.78 is 32.1. The fourth-order valence-electron chi connectivity index (χ4n) is 6.11. The van der Waals surface area contributed by atoms with Gasteiger partial charge in [-0.1, -0.05) is 166 Å². The minimum absolute atomic E-state index is 0.189. The van der Waals surface area contributed by atoms with Gasteiger partial charge in [0, 0.05) is 12.8 Å². The van der Waals surface area contributed by atoms with E-state index in [0.29, 0.717) is 25.0 Å². The zero-order chi connectivity index (χ0) is 38.0. The van der Waals surface area contributed by atoms with Gasteiger partial charge in [-0.3, -0.25) is 14.1 Å². The van der Waals surface area contributed by atoms with Crippen molar-refractivity contribution in [2.75, 3.05) is 13.2 Å². The molecule has 1 fully saturated rings. The van der Waals surface area contributed by atoms with E-state index in [1.807, 2.05) is 6.08 Å². The van der Waals surface area contributed by atoms with Crippen LogP contribution in [0.4, 0.5) is 0 Å². The third-order valence-corrected chi connectivity index (χ3v) is 9.82. The molecule has 1 aliphatic rings. The van der Waals surface area contributed by atoms with Gasteiger partial charge in [-0.2, -0.15) is 0 Å². The molecule has 0 aliphatic carbocycles. The lowest BCUT2D eigenvalue weighted by Gasteiger charge is -2.18. The Balaban J connectivity index is 2.09. The van der Waals surface area contributed by atoms with E-state index in [1.54, 1.807) is 0 Å². The molecule has 0 aromatic rings. The summed E-state index contributed by atoms with van der Waals surface area (Å²) in [5.74, 6) is -0.950. The van der Waals surface area contributed by atoms with Crippen LogP contribution in [0.2, 0.25) is 0 Å². The van der Waals surface area contributed by atoms with Gasteiger partial charge >= 0.3 is 19.8 Å². The number of allylic oxidation sites excluding steroid dienone is 5. The summed E-state index contributed by atoms with van der Waals surface area (Å²) in [6, 6.07) is 0. The van der Waals surface area contributed by atoms with E-state index < -0.39 is 32.5 Å². The smallest absolute Gasteiger partial charge is 0.462 e. The molecule has 10 heteroatoms. The Labute approximate surface area is 317 Å². The maximum absolute atomic E-state index is 12.4. The molecule has 0 aromatic carbocycles. The first kappa shape index (κ1) is 48.2. The Morgan fingerprint density at radius 2 is 1.12 bits per heavy atom. The highest BCUT2D eigenvalue weighted by Gasteiger charge is 2.36. The summed E-state index contributed by atoms with van der Waals surface area (Å²) in [7, 11) is -4.77. The van der Waals surface area contributed by atoms with Crippen LogP contribution in [0.25, 0.3) is 0 Å². The van der Waals surface area contributed by atoms with E-state index in [9.17, 15) is 14.2 Å². The topological polar surface area (TPSA) is 132 Å². The molecule has 1 aliphatic heterocycles. The lowest BCUT2D eigenvalue weighted by Crippen LogP contribution is -2.29. The number of carbonyl (C=O) groups excluding carboxylic acids is 2. The number of rotatable bonds is 37. The molecule has 2 unspecified atom stereocenters. The summed E-state index contributed by atoms with van der Waals surface area (Å²) in [5.41, 5.74) is 0. The van der Waals surface area contributed by atoms with Crippen LogP contribution < -0.4 is 0 Å². The number of carbonyl (C=O) groups is 2. The molecular weight excluding hydrogens is 679 g/mol. The highest BCUT2D eigenvalue weighted by Crippen LogP contribution is 2.36. The van der Waals surface area contributed by atoms with Gasteiger partial charge in [0.05, 0.1) is 18.8 Å². The van der Waals surface area contributed by atoms with Crippen molar-refractivity contribution in [2.24, 2.45) is 0 Å². The van der Waals surface area contributed by atoms with Gasteiger partial charge in [-0.05, 0) is 44.9 Å². The van der Waals surface area contributed by atoms with Crippen molar-refractivity contribution in [3.8, 4) is 0 Å². The Hall–Kier alpha value is -1.77. The van der Waals surface area contributed by atoms with Crippen LogP contribution in [0.3, 0.4) is 0 Å². The van der Waals surface area contributed by atoms with Crippen LogP contribution >= 0.6 is 7.82 Å². The van der Waals surface area contributed by atoms with Crippen molar-refractivity contribution in [1.29, 1.82) is 0 Å². The number of unbranched alkanes of at least 4 members (excludes halogenated alkanes) is 18. The molecule has 0 amide bonds. The molecular formula is C42H75O9P. The molecule has 302 valence electrons. The summed E-state index contributed by atoms with van der Waals surface area (Å²) in [5, 5.41) is 0. The third-order valence-electron chi connectivity index (χ3n) is 9.34. The Bertz CT molecular complexity index is 1010. The fraction of sp³-hybridized carbons (Fsp3) is 0.810. The SMILES string of the molecule is CCCCCCCCCCCCCCCCCCC(=O)O[C@H](COC(=O)CCC/C=C\C/C=C\C/C=C\CC1OC1CCCCC)COP(=O)(O)O.